The van der Waals surface area contributed by atoms with Gasteiger partial charge in [-0.1, -0.05) is 13.8 Å². The summed E-state index contributed by atoms with van der Waals surface area (Å²) in [5, 5.41) is 11.3. The van der Waals surface area contributed by atoms with Crippen molar-refractivity contribution in [3.8, 4) is 0 Å². The number of likely N-dealkylation sites (tertiary alicyclic amines) is 1. The largest absolute Gasteiger partial charge is 0.463 e. The number of Topliss-reactive ketones (excluding diaryl/α,β-unsaturated/α-hetero) is 1. The Hall–Kier alpha value is -1.14. The van der Waals surface area contributed by atoms with E-state index in [1.54, 1.807) is 27.9 Å². The summed E-state index contributed by atoms with van der Waals surface area (Å²) in [7, 11) is 7.59. The number of aliphatic hydroxyl groups is 1. The second-order valence-corrected chi connectivity index (χ2v) is 14.6. The van der Waals surface area contributed by atoms with Crippen LogP contribution in [0.15, 0.2) is 0 Å². The van der Waals surface area contributed by atoms with Gasteiger partial charge in [-0.15, -0.1) is 0 Å². The van der Waals surface area contributed by atoms with Gasteiger partial charge in [-0.05, 0) is 81.4 Å². The minimum absolute atomic E-state index is 0.0477. The summed E-state index contributed by atoms with van der Waals surface area (Å²) in [5.41, 5.74) is -2.30. The van der Waals surface area contributed by atoms with E-state index in [2.05, 4.69) is 37.6 Å². The third-order valence-corrected chi connectivity index (χ3v) is 10.1. The molecule has 3 aliphatic rings. The lowest BCUT2D eigenvalue weighted by Crippen LogP contribution is -2.60. The first-order valence-corrected chi connectivity index (χ1v) is 15.8. The number of hydrogen-bond donors (Lipinski definition) is 1. The number of hydrogen-bond acceptors (Lipinski definition) is 10. The van der Waals surface area contributed by atoms with Crippen LogP contribution in [0, 0.1) is 23.2 Å². The standard InChI is InChI=1S/C32H59N3O7/c1-19(2)35-16-23(17-35)25-18-40-30(38)31(6,7)27(37)22(5)28(32(8,39-12)14-20(3)15-34(25)11)42-29-26(36)24(33(9)10)13-21(4)41-29/h19-26,28-29,36H,13-18H2,1-12H3/t20-,21-,22+,24+,25+,26-,28-,29+,32-/m1/s1. The van der Waals surface area contributed by atoms with Gasteiger partial charge in [0, 0.05) is 56.7 Å². The van der Waals surface area contributed by atoms with Crippen LogP contribution in [0.5, 0.6) is 0 Å². The zero-order valence-electron chi connectivity index (χ0n) is 28.3. The number of aliphatic hydroxyl groups excluding tert-OH is 1. The molecule has 0 radical (unpaired) electrons. The number of nitrogens with zero attached hydrogens (tertiary/aromatic N) is 3. The Morgan fingerprint density at radius 3 is 2.24 bits per heavy atom. The Kier molecular flexibility index (Phi) is 11.7. The van der Waals surface area contributed by atoms with E-state index in [1.165, 1.54) is 0 Å². The smallest absolute Gasteiger partial charge is 0.319 e. The SMILES string of the molecule is CO[C@]1(C)C[C@@H](C)CN(C)[C@H](C2CN(C(C)C)C2)COC(=O)C(C)(C)C(=O)[C@H](C)[C@H]1O[C@@H]1O[C@H](C)C[C@H](N(C)C)[C@H]1O. The molecule has 10 nitrogen and oxygen atoms in total. The Morgan fingerprint density at radius 2 is 1.69 bits per heavy atom. The van der Waals surface area contributed by atoms with Crippen molar-refractivity contribution in [1.29, 1.82) is 0 Å². The third-order valence-electron chi connectivity index (χ3n) is 10.1. The van der Waals surface area contributed by atoms with Gasteiger partial charge in [0.2, 0.25) is 0 Å². The van der Waals surface area contributed by atoms with E-state index in [9.17, 15) is 14.7 Å². The highest BCUT2D eigenvalue weighted by Gasteiger charge is 2.52. The summed E-state index contributed by atoms with van der Waals surface area (Å²) in [6, 6.07) is 0.358. The second-order valence-electron chi connectivity index (χ2n) is 14.6. The molecule has 1 N–H and O–H groups in total. The average molecular weight is 598 g/mol. The Balaban J connectivity index is 1.96. The number of esters is 1. The van der Waals surface area contributed by atoms with Gasteiger partial charge in [-0.3, -0.25) is 14.5 Å². The van der Waals surface area contributed by atoms with Crippen LogP contribution < -0.4 is 0 Å². The number of likely N-dealkylation sites (N-methyl/N-ethyl adjacent to an activating group) is 2. The molecule has 3 fully saturated rings. The highest BCUT2D eigenvalue weighted by molar-refractivity contribution is 6.04. The molecule has 0 aromatic heterocycles. The zero-order chi connectivity index (χ0) is 31.7. The summed E-state index contributed by atoms with van der Waals surface area (Å²) >= 11 is 0. The molecule has 0 amide bonds. The van der Waals surface area contributed by atoms with Crippen LogP contribution in [-0.4, -0.2) is 134 Å². The molecular formula is C32H59N3O7. The van der Waals surface area contributed by atoms with E-state index in [0.29, 0.717) is 24.8 Å². The molecule has 0 aromatic rings. The first-order chi connectivity index (χ1) is 19.4. The van der Waals surface area contributed by atoms with Crippen molar-refractivity contribution in [1.82, 2.24) is 14.7 Å². The zero-order valence-corrected chi connectivity index (χ0v) is 28.3. The fraction of sp³-hybridized carbons (Fsp3) is 0.938. The minimum Gasteiger partial charge on any atom is -0.463 e. The van der Waals surface area contributed by atoms with Crippen LogP contribution in [0.1, 0.15) is 68.2 Å². The number of ether oxygens (including phenoxy) is 4. The van der Waals surface area contributed by atoms with E-state index in [0.717, 1.165) is 19.6 Å². The van der Waals surface area contributed by atoms with Crippen LogP contribution in [0.25, 0.3) is 0 Å². The number of rotatable bonds is 6. The molecule has 0 bridgehead atoms. The topological polar surface area (TPSA) is 101 Å². The highest BCUT2D eigenvalue weighted by atomic mass is 16.7. The molecule has 0 saturated carbocycles. The number of carbonyl (C=O) groups excluding carboxylic acids is 2. The van der Waals surface area contributed by atoms with E-state index < -0.39 is 41.4 Å². The van der Waals surface area contributed by atoms with Crippen LogP contribution in [0.2, 0.25) is 0 Å². The fourth-order valence-electron chi connectivity index (χ4n) is 7.27. The maximum Gasteiger partial charge on any atom is 0.319 e. The highest BCUT2D eigenvalue weighted by Crippen LogP contribution is 2.38. The molecule has 42 heavy (non-hydrogen) atoms. The molecule has 9 atom stereocenters. The maximum absolute atomic E-state index is 14.1. The van der Waals surface area contributed by atoms with Crippen molar-refractivity contribution in [2.75, 3.05) is 54.5 Å². The monoisotopic (exact) mass is 597 g/mol. The van der Waals surface area contributed by atoms with Gasteiger partial charge in [0.15, 0.2) is 12.1 Å². The molecular weight excluding hydrogens is 538 g/mol. The molecule has 3 heterocycles. The fourth-order valence-corrected chi connectivity index (χ4v) is 7.27. The van der Waals surface area contributed by atoms with Crippen LogP contribution in [0.3, 0.4) is 0 Å². The number of carbonyl (C=O) groups is 2. The molecule has 10 heteroatoms. The van der Waals surface area contributed by atoms with Crippen LogP contribution in [0.4, 0.5) is 0 Å². The van der Waals surface area contributed by atoms with Gasteiger partial charge >= 0.3 is 5.97 Å². The van der Waals surface area contributed by atoms with E-state index >= 15 is 0 Å². The molecule has 0 unspecified atom stereocenters. The van der Waals surface area contributed by atoms with Gasteiger partial charge in [0.25, 0.3) is 0 Å². The van der Waals surface area contributed by atoms with Crippen LogP contribution >= 0.6 is 0 Å². The summed E-state index contributed by atoms with van der Waals surface area (Å²) in [5.74, 6) is -1.00. The lowest BCUT2D eigenvalue weighted by molar-refractivity contribution is -0.295. The Labute approximate surface area is 254 Å². The van der Waals surface area contributed by atoms with E-state index in [1.807, 2.05) is 32.8 Å². The Morgan fingerprint density at radius 1 is 1.07 bits per heavy atom. The first-order valence-electron chi connectivity index (χ1n) is 15.8. The predicted molar refractivity (Wildman–Crippen MR) is 162 cm³/mol. The predicted octanol–water partition coefficient (Wildman–Crippen LogP) is 2.66. The first kappa shape index (κ1) is 35.3. The van der Waals surface area contributed by atoms with E-state index in [-0.39, 0.29) is 36.5 Å². The van der Waals surface area contributed by atoms with Crippen molar-refractivity contribution >= 4 is 11.8 Å². The number of methoxy groups -OCH3 is 1. The van der Waals surface area contributed by atoms with Crippen molar-refractivity contribution in [2.45, 2.75) is 117 Å². The second kappa shape index (κ2) is 13.9. The summed E-state index contributed by atoms with van der Waals surface area (Å²) in [6.45, 7) is 18.5. The number of cyclic esters (lactones) is 1. The Bertz CT molecular complexity index is 924. The van der Waals surface area contributed by atoms with Gasteiger partial charge in [0.05, 0.1) is 17.8 Å². The number of ketones is 1. The van der Waals surface area contributed by atoms with Crippen molar-refractivity contribution in [3.63, 3.8) is 0 Å². The normalized spacial score (nSPS) is 40.3. The molecule has 3 rings (SSSR count). The molecule has 0 spiro atoms. The summed E-state index contributed by atoms with van der Waals surface area (Å²) in [6.07, 6.45) is -1.53. The van der Waals surface area contributed by atoms with Crippen molar-refractivity contribution in [2.24, 2.45) is 23.2 Å². The minimum atomic E-state index is -1.40. The van der Waals surface area contributed by atoms with Crippen LogP contribution in [-0.2, 0) is 28.5 Å². The lowest BCUT2D eigenvalue weighted by atomic mass is 9.74. The summed E-state index contributed by atoms with van der Waals surface area (Å²) in [4.78, 5) is 34.4. The van der Waals surface area contributed by atoms with Crippen molar-refractivity contribution in [3.05, 3.63) is 0 Å². The van der Waals surface area contributed by atoms with Gasteiger partial charge in [-0.2, -0.15) is 0 Å². The van der Waals surface area contributed by atoms with Gasteiger partial charge < -0.3 is 33.9 Å². The molecule has 3 aliphatic heterocycles. The molecule has 244 valence electrons. The molecule has 3 saturated heterocycles. The third kappa shape index (κ3) is 7.56. The quantitative estimate of drug-likeness (QED) is 0.363. The van der Waals surface area contributed by atoms with Gasteiger partial charge in [0.1, 0.15) is 18.1 Å². The van der Waals surface area contributed by atoms with E-state index in [4.69, 9.17) is 18.9 Å². The summed E-state index contributed by atoms with van der Waals surface area (Å²) < 4.78 is 24.9. The molecule has 0 aliphatic carbocycles. The lowest BCUT2D eigenvalue weighted by Gasteiger charge is -2.48. The average Bonchev–Trinajstić information content (AvgIpc) is 2.87. The van der Waals surface area contributed by atoms with Gasteiger partial charge in [-0.25, -0.2) is 0 Å². The maximum atomic E-state index is 14.1. The van der Waals surface area contributed by atoms with Crippen molar-refractivity contribution < 1.29 is 33.6 Å². The molecule has 0 aromatic carbocycles.